The molecule has 0 aliphatic heterocycles. The van der Waals surface area contributed by atoms with Crippen LogP contribution in [0.3, 0.4) is 0 Å². The normalized spacial score (nSPS) is 12.7. The van der Waals surface area contributed by atoms with Gasteiger partial charge in [-0.1, -0.05) is 51.9 Å². The average Bonchev–Trinajstić information content (AvgIpc) is 2.25. The van der Waals surface area contributed by atoms with Gasteiger partial charge in [-0.3, -0.25) is 0 Å². The average molecular weight is 247 g/mol. The molecule has 14 heavy (non-hydrogen) atoms. The summed E-state index contributed by atoms with van der Waals surface area (Å²) in [5, 5.41) is 0.566. The molecule has 0 aromatic heterocycles. The minimum Gasteiger partial charge on any atom is -0.127 e. The van der Waals surface area contributed by atoms with Crippen molar-refractivity contribution in [1.29, 1.82) is 0 Å². The number of hydrogen-bond donors (Lipinski definition) is 0. The molecular formula is C11H15ClS2. The highest BCUT2D eigenvalue weighted by molar-refractivity contribution is 8.76. The van der Waals surface area contributed by atoms with Gasteiger partial charge in [0.2, 0.25) is 0 Å². The largest absolute Gasteiger partial charge is 0.127 e. The molecule has 0 aliphatic carbocycles. The van der Waals surface area contributed by atoms with Crippen LogP contribution in [0.2, 0.25) is 0 Å². The summed E-state index contributed by atoms with van der Waals surface area (Å²) < 4.78 is 0. The summed E-state index contributed by atoms with van der Waals surface area (Å²) in [6.45, 7) is 2.24. The summed E-state index contributed by atoms with van der Waals surface area (Å²) in [5.41, 5.74) is 1.40. The van der Waals surface area contributed by atoms with Crippen molar-refractivity contribution in [3.05, 3.63) is 35.9 Å². The molecule has 0 saturated heterocycles. The first kappa shape index (κ1) is 12.3. The van der Waals surface area contributed by atoms with Crippen LogP contribution in [0.4, 0.5) is 0 Å². The van der Waals surface area contributed by atoms with Crippen molar-refractivity contribution >= 4 is 33.2 Å². The summed E-state index contributed by atoms with van der Waals surface area (Å²) in [4.78, 5) is 0. The zero-order chi connectivity index (χ0) is 10.2. The van der Waals surface area contributed by atoms with Crippen LogP contribution in [0.1, 0.15) is 24.2 Å². The third kappa shape index (κ3) is 4.63. The molecule has 0 amide bonds. The number of halogens is 1. The second-order valence-corrected chi connectivity index (χ2v) is 6.22. The van der Waals surface area contributed by atoms with E-state index in [1.165, 1.54) is 5.56 Å². The van der Waals surface area contributed by atoms with Crippen molar-refractivity contribution in [1.82, 2.24) is 0 Å². The van der Waals surface area contributed by atoms with Crippen LogP contribution in [0.15, 0.2) is 30.3 Å². The molecule has 0 radical (unpaired) electrons. The lowest BCUT2D eigenvalue weighted by Crippen LogP contribution is -1.85. The minimum absolute atomic E-state index is 0.566. The molecule has 1 atom stereocenters. The molecular weight excluding hydrogens is 232 g/mol. The van der Waals surface area contributed by atoms with Gasteiger partial charge in [-0.05, 0) is 18.9 Å². The van der Waals surface area contributed by atoms with Gasteiger partial charge in [0.1, 0.15) is 0 Å². The van der Waals surface area contributed by atoms with Crippen molar-refractivity contribution < 1.29 is 0 Å². The Balaban J connectivity index is 2.25. The molecule has 0 spiro atoms. The first-order valence-corrected chi connectivity index (χ1v) is 7.65. The molecule has 0 aliphatic rings. The summed E-state index contributed by atoms with van der Waals surface area (Å²) in [6.07, 6.45) is 1.10. The Hall–Kier alpha value is 0.210. The molecule has 0 nitrogen and oxygen atoms in total. The van der Waals surface area contributed by atoms with Crippen LogP contribution in [-0.2, 0) is 0 Å². The van der Waals surface area contributed by atoms with Gasteiger partial charge in [0.25, 0.3) is 0 Å². The highest BCUT2D eigenvalue weighted by Crippen LogP contribution is 2.37. The maximum absolute atomic E-state index is 5.61. The van der Waals surface area contributed by atoms with Crippen LogP contribution in [0.25, 0.3) is 0 Å². The monoisotopic (exact) mass is 246 g/mol. The molecule has 1 unspecified atom stereocenters. The van der Waals surface area contributed by atoms with E-state index < -0.39 is 0 Å². The zero-order valence-electron chi connectivity index (χ0n) is 8.28. The third-order valence-electron chi connectivity index (χ3n) is 1.84. The SMILES string of the molecule is CC(SSCCCCl)c1ccccc1. The van der Waals surface area contributed by atoms with E-state index in [1.54, 1.807) is 0 Å². The maximum atomic E-state index is 5.61. The van der Waals surface area contributed by atoms with E-state index in [4.69, 9.17) is 11.6 Å². The van der Waals surface area contributed by atoms with Gasteiger partial charge in [0.15, 0.2) is 0 Å². The van der Waals surface area contributed by atoms with Crippen molar-refractivity contribution in [2.45, 2.75) is 18.6 Å². The van der Waals surface area contributed by atoms with Crippen LogP contribution in [0.5, 0.6) is 0 Å². The second kappa shape index (κ2) is 7.49. The molecule has 1 rings (SSSR count). The predicted octanol–water partition coefficient (Wildman–Crippen LogP) is 4.76. The Morgan fingerprint density at radius 2 is 2.00 bits per heavy atom. The lowest BCUT2D eigenvalue weighted by molar-refractivity contribution is 1.11. The number of rotatable bonds is 6. The second-order valence-electron chi connectivity index (χ2n) is 3.01. The fourth-order valence-corrected chi connectivity index (χ4v) is 3.75. The van der Waals surface area contributed by atoms with Gasteiger partial charge < -0.3 is 0 Å². The summed E-state index contributed by atoms with van der Waals surface area (Å²) in [6, 6.07) is 10.6. The first-order valence-electron chi connectivity index (χ1n) is 4.74. The minimum atomic E-state index is 0.566. The first-order chi connectivity index (χ1) is 6.84. The van der Waals surface area contributed by atoms with Gasteiger partial charge in [-0.2, -0.15) is 0 Å². The Bertz CT molecular complexity index is 238. The van der Waals surface area contributed by atoms with Gasteiger partial charge in [-0.15, -0.1) is 11.6 Å². The predicted molar refractivity (Wildman–Crippen MR) is 70.2 cm³/mol. The molecule has 0 N–H and O–H groups in total. The molecule has 0 saturated carbocycles. The Kier molecular flexibility index (Phi) is 6.57. The van der Waals surface area contributed by atoms with E-state index in [1.807, 2.05) is 21.6 Å². The van der Waals surface area contributed by atoms with Gasteiger partial charge in [0, 0.05) is 16.9 Å². The number of hydrogen-bond acceptors (Lipinski definition) is 2. The summed E-state index contributed by atoms with van der Waals surface area (Å²) in [7, 11) is 3.84. The molecule has 3 heteroatoms. The number of benzene rings is 1. The Morgan fingerprint density at radius 3 is 2.64 bits per heavy atom. The molecule has 0 fully saturated rings. The fourth-order valence-electron chi connectivity index (χ4n) is 1.04. The van der Waals surface area contributed by atoms with Gasteiger partial charge in [-0.25, -0.2) is 0 Å². The van der Waals surface area contributed by atoms with E-state index in [9.17, 15) is 0 Å². The molecule has 1 aromatic rings. The fraction of sp³-hybridized carbons (Fsp3) is 0.455. The van der Waals surface area contributed by atoms with E-state index in [0.717, 1.165) is 18.1 Å². The maximum Gasteiger partial charge on any atom is 0.0372 e. The lowest BCUT2D eigenvalue weighted by Gasteiger charge is -2.09. The lowest BCUT2D eigenvalue weighted by atomic mass is 10.2. The van der Waals surface area contributed by atoms with Crippen LogP contribution >= 0.6 is 33.2 Å². The van der Waals surface area contributed by atoms with E-state index in [0.29, 0.717) is 5.25 Å². The number of alkyl halides is 1. The smallest absolute Gasteiger partial charge is 0.0372 e. The highest BCUT2D eigenvalue weighted by atomic mass is 35.5. The topological polar surface area (TPSA) is 0 Å². The molecule has 0 bridgehead atoms. The van der Waals surface area contributed by atoms with Crippen molar-refractivity contribution in [3.8, 4) is 0 Å². The van der Waals surface area contributed by atoms with Crippen LogP contribution in [-0.4, -0.2) is 11.6 Å². The van der Waals surface area contributed by atoms with Gasteiger partial charge >= 0.3 is 0 Å². The quantitative estimate of drug-likeness (QED) is 0.403. The molecule has 1 aromatic carbocycles. The van der Waals surface area contributed by atoms with Crippen LogP contribution in [0, 0.1) is 0 Å². The van der Waals surface area contributed by atoms with E-state index in [2.05, 4.69) is 37.3 Å². The van der Waals surface area contributed by atoms with E-state index >= 15 is 0 Å². The van der Waals surface area contributed by atoms with Crippen molar-refractivity contribution in [2.24, 2.45) is 0 Å². The Morgan fingerprint density at radius 1 is 1.29 bits per heavy atom. The van der Waals surface area contributed by atoms with Crippen LogP contribution < -0.4 is 0 Å². The molecule has 78 valence electrons. The van der Waals surface area contributed by atoms with E-state index in [-0.39, 0.29) is 0 Å². The summed E-state index contributed by atoms with van der Waals surface area (Å²) in [5.74, 6) is 1.92. The highest BCUT2D eigenvalue weighted by Gasteiger charge is 2.04. The third-order valence-corrected chi connectivity index (χ3v) is 5.04. The van der Waals surface area contributed by atoms with Crippen molar-refractivity contribution in [3.63, 3.8) is 0 Å². The summed E-state index contributed by atoms with van der Waals surface area (Å²) >= 11 is 5.61. The standard InChI is InChI=1S/C11H15ClS2/c1-10(14-13-9-5-8-12)11-6-3-2-4-7-11/h2-4,6-7,10H,5,8-9H2,1H3. The van der Waals surface area contributed by atoms with Crippen molar-refractivity contribution in [2.75, 3.05) is 11.6 Å². The van der Waals surface area contributed by atoms with Gasteiger partial charge in [0.05, 0.1) is 0 Å². The zero-order valence-corrected chi connectivity index (χ0v) is 10.7. The Labute approximate surface area is 99.2 Å². The molecule has 0 heterocycles.